The Morgan fingerprint density at radius 1 is 0.857 bits per heavy atom. The van der Waals surface area contributed by atoms with E-state index in [2.05, 4.69) is 5.32 Å². The molecule has 1 aliphatic heterocycles. The van der Waals surface area contributed by atoms with Gasteiger partial charge in [0, 0.05) is 31.7 Å². The van der Waals surface area contributed by atoms with Crippen LogP contribution >= 0.6 is 0 Å². The van der Waals surface area contributed by atoms with Crippen molar-refractivity contribution in [2.45, 2.75) is 17.2 Å². The number of hydrogen-bond acceptors (Lipinski definition) is 6. The van der Waals surface area contributed by atoms with Crippen LogP contribution in [-0.4, -0.2) is 67.5 Å². The molecular weight excluding hydrogens is 470 g/mol. The summed E-state index contributed by atoms with van der Waals surface area (Å²) in [5.41, 5.74) is 1.09. The van der Waals surface area contributed by atoms with Gasteiger partial charge in [-0.3, -0.25) is 14.4 Å². The lowest BCUT2D eigenvalue weighted by Gasteiger charge is -2.36. The van der Waals surface area contributed by atoms with E-state index in [1.54, 1.807) is 42.5 Å². The number of carbonyl (C=O) groups excluding carboxylic acids is 3. The maximum absolute atomic E-state index is 13.5. The zero-order valence-corrected chi connectivity index (χ0v) is 19.9. The molecule has 4 rings (SSSR count). The molecule has 0 bridgehead atoms. The molecule has 1 fully saturated rings. The van der Waals surface area contributed by atoms with Crippen molar-refractivity contribution in [1.29, 1.82) is 0 Å². The van der Waals surface area contributed by atoms with Gasteiger partial charge in [0.05, 0.1) is 11.2 Å². The number of amides is 3. The van der Waals surface area contributed by atoms with Crippen molar-refractivity contribution in [3.63, 3.8) is 0 Å². The molecule has 1 atom stereocenters. The maximum Gasteiger partial charge on any atom is 0.289 e. The van der Waals surface area contributed by atoms with Crippen LogP contribution in [0.1, 0.15) is 26.5 Å². The Labute approximate surface area is 203 Å². The third-order valence-corrected chi connectivity index (χ3v) is 7.66. The molecule has 1 unspecified atom stereocenters. The van der Waals surface area contributed by atoms with Crippen molar-refractivity contribution in [3.05, 3.63) is 89.9 Å². The van der Waals surface area contributed by atoms with E-state index in [9.17, 15) is 22.8 Å². The van der Waals surface area contributed by atoms with Gasteiger partial charge in [-0.05, 0) is 43.3 Å². The van der Waals surface area contributed by atoms with E-state index >= 15 is 0 Å². The van der Waals surface area contributed by atoms with E-state index in [1.807, 2.05) is 6.92 Å². The van der Waals surface area contributed by atoms with Gasteiger partial charge in [-0.25, -0.2) is 8.42 Å². The molecular formula is C25H25N3O6S. The summed E-state index contributed by atoms with van der Waals surface area (Å²) in [7, 11) is -4.25. The van der Waals surface area contributed by atoms with E-state index in [-0.39, 0.29) is 48.3 Å². The minimum Gasteiger partial charge on any atom is -0.459 e. The minimum absolute atomic E-state index is 0.0681. The number of aryl methyl sites for hydroxylation is 1. The number of sulfone groups is 1. The number of piperazine rings is 1. The molecule has 0 saturated carbocycles. The van der Waals surface area contributed by atoms with Gasteiger partial charge in [0.2, 0.25) is 15.2 Å². The van der Waals surface area contributed by atoms with Crippen molar-refractivity contribution >= 4 is 27.6 Å². The summed E-state index contributed by atoms with van der Waals surface area (Å²) in [5.74, 6) is -1.53. The van der Waals surface area contributed by atoms with Crippen molar-refractivity contribution < 1.29 is 27.2 Å². The molecule has 182 valence electrons. The largest absolute Gasteiger partial charge is 0.459 e. The SMILES string of the molecule is Cc1ccc(S(=O)(=O)C(NC(=O)c2ccccc2)C(=O)N2CCN(C(=O)c3ccco3)CC2)cc1. The molecule has 10 heteroatoms. The topological polar surface area (TPSA) is 117 Å². The summed E-state index contributed by atoms with van der Waals surface area (Å²) in [5, 5.41) is 0.612. The Balaban J connectivity index is 1.56. The molecule has 1 aromatic heterocycles. The first-order valence-corrected chi connectivity index (χ1v) is 12.6. The number of nitrogens with one attached hydrogen (secondary N) is 1. The van der Waals surface area contributed by atoms with Gasteiger partial charge in [0.25, 0.3) is 17.7 Å². The maximum atomic E-state index is 13.5. The van der Waals surface area contributed by atoms with Crippen molar-refractivity contribution in [2.75, 3.05) is 26.2 Å². The molecule has 0 aliphatic carbocycles. The van der Waals surface area contributed by atoms with Crippen LogP contribution in [-0.2, 0) is 14.6 Å². The minimum atomic E-state index is -4.25. The highest BCUT2D eigenvalue weighted by molar-refractivity contribution is 7.92. The molecule has 1 N–H and O–H groups in total. The monoisotopic (exact) mass is 495 g/mol. The molecule has 35 heavy (non-hydrogen) atoms. The molecule has 1 aliphatic rings. The quantitative estimate of drug-likeness (QED) is 0.560. The lowest BCUT2D eigenvalue weighted by atomic mass is 10.2. The molecule has 3 amide bonds. The van der Waals surface area contributed by atoms with Crippen LogP contribution < -0.4 is 5.32 Å². The van der Waals surface area contributed by atoms with Crippen molar-refractivity contribution in [1.82, 2.24) is 15.1 Å². The second-order valence-electron chi connectivity index (χ2n) is 8.17. The van der Waals surface area contributed by atoms with Gasteiger partial charge in [0.1, 0.15) is 0 Å². The van der Waals surface area contributed by atoms with Crippen LogP contribution in [0, 0.1) is 6.92 Å². The van der Waals surface area contributed by atoms with Crippen molar-refractivity contribution in [3.8, 4) is 0 Å². The van der Waals surface area contributed by atoms with Gasteiger partial charge in [-0.2, -0.15) is 0 Å². The second kappa shape index (κ2) is 10.1. The van der Waals surface area contributed by atoms with Crippen LogP contribution in [0.5, 0.6) is 0 Å². The summed E-state index contributed by atoms with van der Waals surface area (Å²) in [6.45, 7) is 2.46. The molecule has 0 spiro atoms. The fraction of sp³-hybridized carbons (Fsp3) is 0.240. The zero-order chi connectivity index (χ0) is 25.0. The van der Waals surface area contributed by atoms with E-state index in [0.717, 1.165) is 5.56 Å². The Kier molecular flexibility index (Phi) is 7.02. The summed E-state index contributed by atoms with van der Waals surface area (Å²) in [6, 6.07) is 17.4. The number of hydrogen-bond donors (Lipinski definition) is 1. The molecule has 3 aromatic rings. The van der Waals surface area contributed by atoms with Crippen LogP contribution in [0.2, 0.25) is 0 Å². The average Bonchev–Trinajstić information content (AvgIpc) is 3.42. The van der Waals surface area contributed by atoms with Crippen LogP contribution in [0.15, 0.2) is 82.3 Å². The molecule has 2 heterocycles. The molecule has 0 radical (unpaired) electrons. The standard InChI is InChI=1S/C25H25N3O6S/c1-18-9-11-20(12-10-18)35(32,33)23(26-22(29)19-6-3-2-4-7-19)25(31)28-15-13-27(14-16-28)24(30)21-8-5-17-34-21/h2-12,17,23H,13-16H2,1H3,(H,26,29). The third-order valence-electron chi connectivity index (χ3n) is 5.79. The first-order valence-electron chi connectivity index (χ1n) is 11.1. The Morgan fingerprint density at radius 2 is 1.49 bits per heavy atom. The van der Waals surface area contributed by atoms with Crippen LogP contribution in [0.3, 0.4) is 0 Å². The smallest absolute Gasteiger partial charge is 0.289 e. The first kappa shape index (κ1) is 24.2. The highest BCUT2D eigenvalue weighted by Crippen LogP contribution is 2.19. The number of rotatable bonds is 6. The Bertz CT molecular complexity index is 1300. The van der Waals surface area contributed by atoms with Gasteiger partial charge in [-0.15, -0.1) is 0 Å². The van der Waals surface area contributed by atoms with Gasteiger partial charge in [-0.1, -0.05) is 35.9 Å². The lowest BCUT2D eigenvalue weighted by molar-refractivity contribution is -0.132. The third kappa shape index (κ3) is 5.27. The van der Waals surface area contributed by atoms with E-state index in [4.69, 9.17) is 4.42 Å². The van der Waals surface area contributed by atoms with Gasteiger partial charge >= 0.3 is 0 Å². The predicted octanol–water partition coefficient (Wildman–Crippen LogP) is 2.10. The van der Waals surface area contributed by atoms with Gasteiger partial charge < -0.3 is 19.5 Å². The normalized spacial score (nSPS) is 14.9. The fourth-order valence-corrected chi connectivity index (χ4v) is 5.24. The van der Waals surface area contributed by atoms with Crippen LogP contribution in [0.25, 0.3) is 0 Å². The van der Waals surface area contributed by atoms with E-state index < -0.39 is 27.0 Å². The number of nitrogens with zero attached hydrogens (tertiary/aromatic N) is 2. The van der Waals surface area contributed by atoms with Crippen LogP contribution in [0.4, 0.5) is 0 Å². The molecule has 2 aromatic carbocycles. The Morgan fingerprint density at radius 3 is 2.09 bits per heavy atom. The average molecular weight is 496 g/mol. The molecule has 1 saturated heterocycles. The predicted molar refractivity (Wildman–Crippen MR) is 127 cm³/mol. The highest BCUT2D eigenvalue weighted by Gasteiger charge is 2.39. The summed E-state index contributed by atoms with van der Waals surface area (Å²) < 4.78 is 32.1. The second-order valence-corrected chi connectivity index (χ2v) is 10.2. The first-order chi connectivity index (χ1) is 16.8. The Hall–Kier alpha value is -3.92. The lowest BCUT2D eigenvalue weighted by Crippen LogP contribution is -2.57. The van der Waals surface area contributed by atoms with E-state index in [1.165, 1.54) is 40.3 Å². The number of carbonyl (C=O) groups is 3. The van der Waals surface area contributed by atoms with E-state index in [0.29, 0.717) is 0 Å². The van der Waals surface area contributed by atoms with Gasteiger partial charge in [0.15, 0.2) is 5.76 Å². The zero-order valence-electron chi connectivity index (χ0n) is 19.1. The molecule has 9 nitrogen and oxygen atoms in total. The fourth-order valence-electron chi connectivity index (χ4n) is 3.78. The highest BCUT2D eigenvalue weighted by atomic mass is 32.2. The summed E-state index contributed by atoms with van der Waals surface area (Å²) >= 11 is 0. The summed E-state index contributed by atoms with van der Waals surface area (Å²) in [4.78, 5) is 41.6. The number of furan rings is 1. The summed E-state index contributed by atoms with van der Waals surface area (Å²) in [6.07, 6.45) is 1.41. The number of benzene rings is 2. The van der Waals surface area contributed by atoms with Crippen molar-refractivity contribution in [2.24, 2.45) is 0 Å².